The second kappa shape index (κ2) is 5.12. The van der Waals surface area contributed by atoms with E-state index in [1.807, 2.05) is 25.2 Å². The lowest BCUT2D eigenvalue weighted by molar-refractivity contribution is 0.00164. The van der Waals surface area contributed by atoms with Crippen molar-refractivity contribution >= 4 is 5.82 Å². The number of likely N-dealkylation sites (N-methyl/N-ethyl adjacent to an activating group) is 1. The van der Waals surface area contributed by atoms with Crippen LogP contribution in [0.1, 0.15) is 20.8 Å². The average Bonchev–Trinajstić information content (AvgIpc) is 2.17. The molecule has 0 saturated carbocycles. The van der Waals surface area contributed by atoms with Gasteiger partial charge < -0.3 is 9.64 Å². The molecular formula is C12H20N2O. The predicted molar refractivity (Wildman–Crippen MR) is 63.2 cm³/mol. The Kier molecular flexibility index (Phi) is 4.09. The summed E-state index contributed by atoms with van der Waals surface area (Å²) in [7, 11) is 2.02. The standard InChI is InChI=1S/C12H20N2O/c1-12(2,3)15-10-9-14(4)11-7-5-6-8-13-11/h5-8H,9-10H2,1-4H3. The lowest BCUT2D eigenvalue weighted by atomic mass is 10.2. The molecule has 0 aliphatic carbocycles. The Hall–Kier alpha value is -1.09. The number of hydrogen-bond acceptors (Lipinski definition) is 3. The van der Waals surface area contributed by atoms with Crippen LogP contribution < -0.4 is 4.90 Å². The van der Waals surface area contributed by atoms with E-state index in [1.165, 1.54) is 0 Å². The average molecular weight is 208 g/mol. The van der Waals surface area contributed by atoms with Crippen LogP contribution in [0.3, 0.4) is 0 Å². The fourth-order valence-electron chi connectivity index (χ4n) is 1.18. The molecule has 1 rings (SSSR count). The van der Waals surface area contributed by atoms with Gasteiger partial charge in [-0.05, 0) is 32.9 Å². The number of hydrogen-bond donors (Lipinski definition) is 0. The van der Waals surface area contributed by atoms with Crippen LogP contribution in [0.15, 0.2) is 24.4 Å². The number of ether oxygens (including phenoxy) is 1. The number of pyridine rings is 1. The minimum absolute atomic E-state index is 0.0645. The number of rotatable bonds is 4. The van der Waals surface area contributed by atoms with E-state index in [-0.39, 0.29) is 5.60 Å². The van der Waals surface area contributed by atoms with E-state index in [1.54, 1.807) is 6.20 Å². The summed E-state index contributed by atoms with van der Waals surface area (Å²) in [6.07, 6.45) is 1.80. The van der Waals surface area contributed by atoms with E-state index < -0.39 is 0 Å². The highest BCUT2D eigenvalue weighted by molar-refractivity contribution is 5.36. The Balaban J connectivity index is 2.34. The van der Waals surface area contributed by atoms with E-state index >= 15 is 0 Å². The molecule has 0 atom stereocenters. The smallest absolute Gasteiger partial charge is 0.128 e. The Morgan fingerprint density at radius 2 is 2.07 bits per heavy atom. The van der Waals surface area contributed by atoms with Crippen LogP contribution in [-0.2, 0) is 4.74 Å². The summed E-state index contributed by atoms with van der Waals surface area (Å²) in [5, 5.41) is 0. The summed E-state index contributed by atoms with van der Waals surface area (Å²) >= 11 is 0. The van der Waals surface area contributed by atoms with E-state index in [2.05, 4.69) is 30.7 Å². The fraction of sp³-hybridized carbons (Fsp3) is 0.583. The van der Waals surface area contributed by atoms with E-state index in [0.29, 0.717) is 0 Å². The summed E-state index contributed by atoms with van der Waals surface area (Å²) in [6.45, 7) is 7.76. The third-order valence-corrected chi connectivity index (χ3v) is 2.00. The first-order valence-corrected chi connectivity index (χ1v) is 5.25. The maximum Gasteiger partial charge on any atom is 0.128 e. The molecule has 0 unspecified atom stereocenters. The van der Waals surface area contributed by atoms with Crippen LogP contribution >= 0.6 is 0 Å². The quantitative estimate of drug-likeness (QED) is 0.759. The van der Waals surface area contributed by atoms with Crippen molar-refractivity contribution in [2.75, 3.05) is 25.1 Å². The molecule has 1 aromatic heterocycles. The maximum atomic E-state index is 5.65. The van der Waals surface area contributed by atoms with Gasteiger partial charge in [0, 0.05) is 19.8 Å². The summed E-state index contributed by atoms with van der Waals surface area (Å²) in [5.41, 5.74) is -0.0645. The van der Waals surface area contributed by atoms with Gasteiger partial charge >= 0.3 is 0 Å². The first-order chi connectivity index (χ1) is 6.99. The minimum atomic E-state index is -0.0645. The summed E-state index contributed by atoms with van der Waals surface area (Å²) in [4.78, 5) is 6.35. The molecule has 0 saturated heterocycles. The zero-order valence-electron chi connectivity index (χ0n) is 10.0. The van der Waals surface area contributed by atoms with Crippen molar-refractivity contribution in [3.63, 3.8) is 0 Å². The highest BCUT2D eigenvalue weighted by atomic mass is 16.5. The van der Waals surface area contributed by atoms with Gasteiger partial charge in [-0.3, -0.25) is 0 Å². The molecule has 0 aliphatic heterocycles. The van der Waals surface area contributed by atoms with Gasteiger partial charge in [-0.2, -0.15) is 0 Å². The molecule has 0 aliphatic rings. The van der Waals surface area contributed by atoms with Crippen LogP contribution in [0, 0.1) is 0 Å². The molecule has 0 amide bonds. The zero-order valence-corrected chi connectivity index (χ0v) is 10.0. The van der Waals surface area contributed by atoms with Crippen molar-refractivity contribution in [1.29, 1.82) is 0 Å². The lowest BCUT2D eigenvalue weighted by Gasteiger charge is -2.23. The monoisotopic (exact) mass is 208 g/mol. The third-order valence-electron chi connectivity index (χ3n) is 2.00. The third kappa shape index (κ3) is 4.79. The fourth-order valence-corrected chi connectivity index (χ4v) is 1.18. The molecule has 0 bridgehead atoms. The zero-order chi connectivity index (χ0) is 11.3. The molecule has 0 aromatic carbocycles. The van der Waals surface area contributed by atoms with Gasteiger partial charge in [-0.15, -0.1) is 0 Å². The van der Waals surface area contributed by atoms with Crippen molar-refractivity contribution < 1.29 is 4.74 Å². The summed E-state index contributed by atoms with van der Waals surface area (Å²) in [6, 6.07) is 5.91. The predicted octanol–water partition coefficient (Wildman–Crippen LogP) is 2.33. The van der Waals surface area contributed by atoms with Crippen LogP contribution in [0.25, 0.3) is 0 Å². The van der Waals surface area contributed by atoms with Crippen LogP contribution in [-0.4, -0.2) is 30.8 Å². The Labute approximate surface area is 92.1 Å². The second-order valence-corrected chi connectivity index (χ2v) is 4.57. The molecule has 15 heavy (non-hydrogen) atoms. The Morgan fingerprint density at radius 3 is 2.60 bits per heavy atom. The van der Waals surface area contributed by atoms with E-state index in [4.69, 9.17) is 4.74 Å². The van der Waals surface area contributed by atoms with Crippen LogP contribution in [0.4, 0.5) is 5.82 Å². The lowest BCUT2D eigenvalue weighted by Crippen LogP contribution is -2.28. The van der Waals surface area contributed by atoms with Gasteiger partial charge in [0.15, 0.2) is 0 Å². The minimum Gasteiger partial charge on any atom is -0.374 e. The molecule has 3 heteroatoms. The molecule has 0 radical (unpaired) electrons. The number of aromatic nitrogens is 1. The van der Waals surface area contributed by atoms with Gasteiger partial charge in [-0.25, -0.2) is 4.98 Å². The van der Waals surface area contributed by atoms with Crippen molar-refractivity contribution in [3.8, 4) is 0 Å². The van der Waals surface area contributed by atoms with Gasteiger partial charge in [0.25, 0.3) is 0 Å². The van der Waals surface area contributed by atoms with Crippen molar-refractivity contribution in [2.45, 2.75) is 26.4 Å². The molecular weight excluding hydrogens is 188 g/mol. The van der Waals surface area contributed by atoms with Gasteiger partial charge in [0.05, 0.1) is 12.2 Å². The van der Waals surface area contributed by atoms with Gasteiger partial charge in [0.1, 0.15) is 5.82 Å². The molecule has 1 heterocycles. The number of anilines is 1. The molecule has 3 nitrogen and oxygen atoms in total. The first kappa shape index (κ1) is 12.0. The SMILES string of the molecule is CN(CCOC(C)(C)C)c1ccccn1. The van der Waals surface area contributed by atoms with Crippen molar-refractivity contribution in [2.24, 2.45) is 0 Å². The normalized spacial score (nSPS) is 11.5. The second-order valence-electron chi connectivity index (χ2n) is 4.57. The topological polar surface area (TPSA) is 25.4 Å². The highest BCUT2D eigenvalue weighted by Crippen LogP contribution is 2.09. The maximum absolute atomic E-state index is 5.65. The molecule has 1 aromatic rings. The number of nitrogens with zero attached hydrogens (tertiary/aromatic N) is 2. The van der Waals surface area contributed by atoms with Gasteiger partial charge in [0.2, 0.25) is 0 Å². The molecule has 0 fully saturated rings. The summed E-state index contributed by atoms with van der Waals surface area (Å²) in [5.74, 6) is 0.981. The van der Waals surface area contributed by atoms with E-state index in [0.717, 1.165) is 19.0 Å². The Bertz CT molecular complexity index is 279. The molecule has 84 valence electrons. The molecule has 0 spiro atoms. The molecule has 0 N–H and O–H groups in total. The summed E-state index contributed by atoms with van der Waals surface area (Å²) < 4.78 is 5.65. The van der Waals surface area contributed by atoms with Gasteiger partial charge in [-0.1, -0.05) is 6.07 Å². The Morgan fingerprint density at radius 1 is 1.33 bits per heavy atom. The van der Waals surface area contributed by atoms with Crippen molar-refractivity contribution in [1.82, 2.24) is 4.98 Å². The van der Waals surface area contributed by atoms with E-state index in [9.17, 15) is 0 Å². The first-order valence-electron chi connectivity index (χ1n) is 5.25. The van der Waals surface area contributed by atoms with Crippen LogP contribution in [0.2, 0.25) is 0 Å². The van der Waals surface area contributed by atoms with Crippen molar-refractivity contribution in [3.05, 3.63) is 24.4 Å². The van der Waals surface area contributed by atoms with Crippen LogP contribution in [0.5, 0.6) is 0 Å². The largest absolute Gasteiger partial charge is 0.374 e. The highest BCUT2D eigenvalue weighted by Gasteiger charge is 2.10.